The Hall–Kier alpha value is -1.59. The molecule has 27 heavy (non-hydrogen) atoms. The Bertz CT molecular complexity index is 621. The van der Waals surface area contributed by atoms with E-state index in [0.29, 0.717) is 18.6 Å². The lowest BCUT2D eigenvalue weighted by molar-refractivity contribution is -0.135. The van der Waals surface area contributed by atoms with Crippen LogP contribution in [-0.4, -0.2) is 67.6 Å². The zero-order valence-corrected chi connectivity index (χ0v) is 17.3. The van der Waals surface area contributed by atoms with E-state index < -0.39 is 5.41 Å². The van der Waals surface area contributed by atoms with Gasteiger partial charge in [-0.2, -0.15) is 0 Å². The number of likely N-dealkylation sites (tertiary alicyclic amines) is 1. The summed E-state index contributed by atoms with van der Waals surface area (Å²) < 4.78 is 5.77. The first-order valence-corrected chi connectivity index (χ1v) is 10.4. The summed E-state index contributed by atoms with van der Waals surface area (Å²) in [4.78, 5) is 17.9. The number of hydrogen-bond acceptors (Lipinski definition) is 4. The maximum atomic E-state index is 13.3. The lowest BCUT2D eigenvalue weighted by atomic mass is 9.83. The highest BCUT2D eigenvalue weighted by Crippen LogP contribution is 2.30. The summed E-state index contributed by atoms with van der Waals surface area (Å²) in [5.41, 5.74) is 0.532. The quantitative estimate of drug-likeness (QED) is 0.832. The normalized spacial score (nSPS) is 21.7. The van der Waals surface area contributed by atoms with Crippen LogP contribution >= 0.6 is 0 Å². The molecule has 2 fully saturated rings. The lowest BCUT2D eigenvalue weighted by Crippen LogP contribution is -2.50. The maximum Gasteiger partial charge on any atom is 0.232 e. The maximum absolute atomic E-state index is 13.3. The summed E-state index contributed by atoms with van der Waals surface area (Å²) in [6.45, 7) is 15.1. The van der Waals surface area contributed by atoms with Gasteiger partial charge in [-0.25, -0.2) is 0 Å². The van der Waals surface area contributed by atoms with E-state index in [1.165, 1.54) is 0 Å². The van der Waals surface area contributed by atoms with E-state index in [9.17, 15) is 4.79 Å². The molecule has 1 amide bonds. The summed E-state index contributed by atoms with van der Waals surface area (Å²) in [7, 11) is 0. The van der Waals surface area contributed by atoms with Crippen LogP contribution in [0.4, 0.5) is 0 Å². The standard InChI is InChI=1S/C22H35N3O2/c1-17(2)16-27-20-7-5-18(6-8-20)22(3,4)21(26)25-12-9-19(15-25)24-13-10-23-11-14-24/h5-8,17,19,23H,9-16H2,1-4H3. The molecule has 0 spiro atoms. The second-order valence-corrected chi connectivity index (χ2v) is 8.83. The van der Waals surface area contributed by atoms with Crippen LogP contribution in [0.3, 0.4) is 0 Å². The van der Waals surface area contributed by atoms with Gasteiger partial charge in [0, 0.05) is 45.3 Å². The van der Waals surface area contributed by atoms with Crippen molar-refractivity contribution in [2.45, 2.75) is 45.6 Å². The Labute approximate surface area is 164 Å². The second-order valence-electron chi connectivity index (χ2n) is 8.83. The van der Waals surface area contributed by atoms with Crippen LogP contribution in [0, 0.1) is 5.92 Å². The number of piperazine rings is 1. The van der Waals surface area contributed by atoms with Gasteiger partial charge in [0.1, 0.15) is 5.75 Å². The van der Waals surface area contributed by atoms with E-state index in [2.05, 4.69) is 29.0 Å². The summed E-state index contributed by atoms with van der Waals surface area (Å²) in [6, 6.07) is 8.56. The number of benzene rings is 1. The predicted molar refractivity (Wildman–Crippen MR) is 109 cm³/mol. The van der Waals surface area contributed by atoms with Gasteiger partial charge in [0.15, 0.2) is 0 Å². The van der Waals surface area contributed by atoms with Gasteiger partial charge in [0.2, 0.25) is 5.91 Å². The van der Waals surface area contributed by atoms with Crippen molar-refractivity contribution in [1.82, 2.24) is 15.1 Å². The highest BCUT2D eigenvalue weighted by atomic mass is 16.5. The Kier molecular flexibility index (Phi) is 6.43. The molecule has 2 heterocycles. The third-order valence-corrected chi connectivity index (χ3v) is 5.81. The molecule has 0 saturated carbocycles. The van der Waals surface area contributed by atoms with Crippen LogP contribution in [0.2, 0.25) is 0 Å². The molecule has 1 N–H and O–H groups in total. The number of carbonyl (C=O) groups excluding carboxylic acids is 1. The topological polar surface area (TPSA) is 44.8 Å². The van der Waals surface area contributed by atoms with E-state index in [0.717, 1.165) is 57.0 Å². The largest absolute Gasteiger partial charge is 0.493 e. The first-order valence-electron chi connectivity index (χ1n) is 10.4. The lowest BCUT2D eigenvalue weighted by Gasteiger charge is -2.34. The third-order valence-electron chi connectivity index (χ3n) is 5.81. The third kappa shape index (κ3) is 4.82. The van der Waals surface area contributed by atoms with E-state index in [1.807, 2.05) is 38.1 Å². The molecular formula is C22H35N3O2. The number of nitrogens with zero attached hydrogens (tertiary/aromatic N) is 2. The van der Waals surface area contributed by atoms with E-state index in [-0.39, 0.29) is 5.91 Å². The molecule has 1 atom stereocenters. The van der Waals surface area contributed by atoms with E-state index in [4.69, 9.17) is 4.74 Å². The fourth-order valence-corrected chi connectivity index (χ4v) is 4.02. The first kappa shape index (κ1) is 20.2. The molecule has 2 aliphatic heterocycles. The number of ether oxygens (including phenoxy) is 1. The van der Waals surface area contributed by atoms with E-state index in [1.54, 1.807) is 0 Å². The highest BCUT2D eigenvalue weighted by molar-refractivity contribution is 5.87. The number of hydrogen-bond donors (Lipinski definition) is 1. The molecule has 1 unspecified atom stereocenters. The Balaban J connectivity index is 1.61. The Morgan fingerprint density at radius 2 is 1.85 bits per heavy atom. The number of nitrogens with one attached hydrogen (secondary N) is 1. The zero-order chi connectivity index (χ0) is 19.4. The van der Waals surface area contributed by atoms with Crippen LogP contribution in [0.1, 0.15) is 39.7 Å². The minimum absolute atomic E-state index is 0.232. The van der Waals surface area contributed by atoms with Crippen molar-refractivity contribution >= 4 is 5.91 Å². The summed E-state index contributed by atoms with van der Waals surface area (Å²) in [6.07, 6.45) is 1.09. The number of amides is 1. The summed E-state index contributed by atoms with van der Waals surface area (Å²) in [5.74, 6) is 1.60. The van der Waals surface area contributed by atoms with Crippen LogP contribution in [-0.2, 0) is 10.2 Å². The van der Waals surface area contributed by atoms with Crippen molar-refractivity contribution in [1.29, 1.82) is 0 Å². The molecule has 2 saturated heterocycles. The average molecular weight is 374 g/mol. The minimum atomic E-state index is -0.519. The molecule has 0 radical (unpaired) electrons. The van der Waals surface area contributed by atoms with E-state index >= 15 is 0 Å². The molecule has 1 aromatic carbocycles. The van der Waals surface area contributed by atoms with Gasteiger partial charge in [-0.15, -0.1) is 0 Å². The predicted octanol–water partition coefficient (Wildman–Crippen LogP) is 2.51. The zero-order valence-electron chi connectivity index (χ0n) is 17.3. The molecule has 0 aliphatic carbocycles. The van der Waals surface area contributed by atoms with Crippen molar-refractivity contribution in [2.75, 3.05) is 45.9 Å². The van der Waals surface area contributed by atoms with Gasteiger partial charge < -0.3 is 15.0 Å². The van der Waals surface area contributed by atoms with Crippen molar-refractivity contribution in [2.24, 2.45) is 5.92 Å². The molecule has 150 valence electrons. The average Bonchev–Trinajstić information content (AvgIpc) is 3.17. The Morgan fingerprint density at radius 3 is 2.48 bits per heavy atom. The molecule has 0 bridgehead atoms. The molecule has 1 aromatic rings. The van der Waals surface area contributed by atoms with Gasteiger partial charge >= 0.3 is 0 Å². The molecule has 3 rings (SSSR count). The van der Waals surface area contributed by atoms with Gasteiger partial charge in [-0.05, 0) is 43.9 Å². The first-order chi connectivity index (χ1) is 12.9. The monoisotopic (exact) mass is 373 g/mol. The fraction of sp³-hybridized carbons (Fsp3) is 0.682. The number of carbonyl (C=O) groups is 1. The molecule has 2 aliphatic rings. The minimum Gasteiger partial charge on any atom is -0.493 e. The van der Waals surface area contributed by atoms with Crippen molar-refractivity contribution < 1.29 is 9.53 Å². The van der Waals surface area contributed by atoms with Crippen LogP contribution in [0.15, 0.2) is 24.3 Å². The molecule has 5 heteroatoms. The Morgan fingerprint density at radius 1 is 1.19 bits per heavy atom. The van der Waals surface area contributed by atoms with Crippen LogP contribution < -0.4 is 10.1 Å². The fourth-order valence-electron chi connectivity index (χ4n) is 4.02. The second kappa shape index (κ2) is 8.61. The van der Waals surface area contributed by atoms with Gasteiger partial charge in [0.25, 0.3) is 0 Å². The van der Waals surface area contributed by atoms with Crippen molar-refractivity contribution in [3.05, 3.63) is 29.8 Å². The van der Waals surface area contributed by atoms with Crippen molar-refractivity contribution in [3.63, 3.8) is 0 Å². The number of rotatable bonds is 6. The van der Waals surface area contributed by atoms with Crippen molar-refractivity contribution in [3.8, 4) is 5.75 Å². The van der Waals surface area contributed by atoms with Gasteiger partial charge in [-0.1, -0.05) is 26.0 Å². The van der Waals surface area contributed by atoms with Gasteiger partial charge in [0.05, 0.1) is 12.0 Å². The molecular weight excluding hydrogens is 338 g/mol. The van der Waals surface area contributed by atoms with Crippen LogP contribution in [0.25, 0.3) is 0 Å². The molecule has 5 nitrogen and oxygen atoms in total. The van der Waals surface area contributed by atoms with Gasteiger partial charge in [-0.3, -0.25) is 9.69 Å². The smallest absolute Gasteiger partial charge is 0.232 e. The summed E-state index contributed by atoms with van der Waals surface area (Å²) >= 11 is 0. The van der Waals surface area contributed by atoms with Crippen LogP contribution in [0.5, 0.6) is 5.75 Å². The molecule has 0 aromatic heterocycles. The SMILES string of the molecule is CC(C)COc1ccc(C(C)(C)C(=O)N2CCC(N3CCNCC3)C2)cc1. The highest BCUT2D eigenvalue weighted by Gasteiger charge is 2.38. The summed E-state index contributed by atoms with van der Waals surface area (Å²) in [5, 5.41) is 3.41.